The van der Waals surface area contributed by atoms with Crippen molar-refractivity contribution in [2.75, 3.05) is 13.6 Å². The van der Waals surface area contributed by atoms with Gasteiger partial charge in [0, 0.05) is 6.42 Å². The van der Waals surface area contributed by atoms with Crippen LogP contribution in [-0.2, 0) is 22.7 Å². The molecule has 4 nitrogen and oxygen atoms in total. The van der Waals surface area contributed by atoms with Crippen molar-refractivity contribution in [3.63, 3.8) is 0 Å². The summed E-state index contributed by atoms with van der Waals surface area (Å²) >= 11 is 0. The molecule has 2 aromatic carbocycles. The summed E-state index contributed by atoms with van der Waals surface area (Å²) in [6, 6.07) is 20.4. The Hall–Kier alpha value is -1.72. The SMILES string of the molecule is CCCCCCCN(C)[C@@H]1[C@@H](O)[C@@H](OCc2ccccc2)C[C@H]1OCc1ccccc1. The van der Waals surface area contributed by atoms with E-state index >= 15 is 0 Å². The topological polar surface area (TPSA) is 41.9 Å². The van der Waals surface area contributed by atoms with E-state index < -0.39 is 6.10 Å². The average molecular weight is 426 g/mol. The van der Waals surface area contributed by atoms with Gasteiger partial charge in [-0.05, 0) is 31.1 Å². The lowest BCUT2D eigenvalue weighted by Crippen LogP contribution is -2.47. The van der Waals surface area contributed by atoms with E-state index in [1.165, 1.54) is 25.7 Å². The molecular weight excluding hydrogens is 386 g/mol. The lowest BCUT2D eigenvalue weighted by Gasteiger charge is -2.32. The van der Waals surface area contributed by atoms with Crippen LogP contribution >= 0.6 is 0 Å². The summed E-state index contributed by atoms with van der Waals surface area (Å²) in [6.45, 7) is 4.29. The summed E-state index contributed by atoms with van der Waals surface area (Å²) in [5.74, 6) is 0. The molecular formula is C27H39NO3. The van der Waals surface area contributed by atoms with Crippen LogP contribution < -0.4 is 0 Å². The first-order valence-electron chi connectivity index (χ1n) is 11.9. The fourth-order valence-electron chi connectivity index (χ4n) is 4.49. The smallest absolute Gasteiger partial charge is 0.0982 e. The van der Waals surface area contributed by atoms with Gasteiger partial charge in [-0.2, -0.15) is 0 Å². The monoisotopic (exact) mass is 425 g/mol. The van der Waals surface area contributed by atoms with Crippen LogP contribution in [0.3, 0.4) is 0 Å². The molecule has 1 N–H and O–H groups in total. The standard InChI is InChI=1S/C27H39NO3/c1-3-4-5-6-13-18-28(2)26-24(30-20-22-14-9-7-10-15-22)19-25(27(26)29)31-21-23-16-11-8-12-17-23/h7-12,14-17,24-27,29H,3-6,13,18-21H2,1-2H3/t24-,25+,26+,27+/m1/s1. The minimum absolute atomic E-state index is 0.0448. The quantitative estimate of drug-likeness (QED) is 0.448. The third kappa shape index (κ3) is 7.43. The van der Waals surface area contributed by atoms with Crippen LogP contribution in [0.4, 0.5) is 0 Å². The molecule has 0 heterocycles. The summed E-state index contributed by atoms with van der Waals surface area (Å²) < 4.78 is 12.5. The van der Waals surface area contributed by atoms with Crippen molar-refractivity contribution in [3.05, 3.63) is 71.8 Å². The summed E-state index contributed by atoms with van der Waals surface area (Å²) in [4.78, 5) is 2.29. The predicted molar refractivity (Wildman–Crippen MR) is 126 cm³/mol. The molecule has 170 valence electrons. The van der Waals surface area contributed by atoms with E-state index in [0.29, 0.717) is 19.6 Å². The maximum Gasteiger partial charge on any atom is 0.0982 e. The van der Waals surface area contributed by atoms with Gasteiger partial charge in [-0.15, -0.1) is 0 Å². The molecule has 3 rings (SSSR count). The number of hydrogen-bond donors (Lipinski definition) is 1. The number of nitrogens with zero attached hydrogens (tertiary/aromatic N) is 1. The van der Waals surface area contributed by atoms with Gasteiger partial charge in [0.25, 0.3) is 0 Å². The van der Waals surface area contributed by atoms with Crippen molar-refractivity contribution in [1.82, 2.24) is 4.90 Å². The number of aliphatic hydroxyl groups excluding tert-OH is 1. The number of unbranched alkanes of at least 4 members (excludes halogenated alkanes) is 4. The molecule has 1 aliphatic rings. The first-order valence-corrected chi connectivity index (χ1v) is 11.9. The molecule has 0 aliphatic heterocycles. The maximum atomic E-state index is 11.2. The molecule has 0 saturated heterocycles. The van der Waals surface area contributed by atoms with Crippen LogP contribution in [-0.4, -0.2) is 48.0 Å². The van der Waals surface area contributed by atoms with Crippen LogP contribution in [0.1, 0.15) is 56.6 Å². The summed E-state index contributed by atoms with van der Waals surface area (Å²) in [7, 11) is 2.12. The molecule has 0 spiro atoms. The zero-order chi connectivity index (χ0) is 21.9. The fourth-order valence-corrected chi connectivity index (χ4v) is 4.49. The van der Waals surface area contributed by atoms with Crippen molar-refractivity contribution in [2.45, 2.75) is 83.0 Å². The molecule has 4 heteroatoms. The molecule has 0 aromatic heterocycles. The van der Waals surface area contributed by atoms with Crippen molar-refractivity contribution in [2.24, 2.45) is 0 Å². The summed E-state index contributed by atoms with van der Waals surface area (Å²) in [5, 5.41) is 11.2. The van der Waals surface area contributed by atoms with Gasteiger partial charge in [0.2, 0.25) is 0 Å². The molecule has 0 bridgehead atoms. The van der Waals surface area contributed by atoms with Gasteiger partial charge in [0.1, 0.15) is 0 Å². The van der Waals surface area contributed by atoms with Crippen LogP contribution in [0, 0.1) is 0 Å². The highest BCUT2D eigenvalue weighted by Crippen LogP contribution is 2.31. The number of likely N-dealkylation sites (N-methyl/N-ethyl adjacent to an activating group) is 1. The van der Waals surface area contributed by atoms with Gasteiger partial charge in [-0.25, -0.2) is 0 Å². The van der Waals surface area contributed by atoms with Gasteiger partial charge in [-0.1, -0.05) is 93.3 Å². The first-order chi connectivity index (χ1) is 15.2. The second kappa shape index (κ2) is 13.0. The maximum absolute atomic E-state index is 11.2. The van der Waals surface area contributed by atoms with E-state index in [2.05, 4.69) is 43.1 Å². The number of hydrogen-bond acceptors (Lipinski definition) is 4. The summed E-state index contributed by atoms with van der Waals surface area (Å²) in [5.41, 5.74) is 2.29. The second-order valence-corrected chi connectivity index (χ2v) is 8.78. The Morgan fingerprint density at radius 2 is 1.35 bits per heavy atom. The number of rotatable bonds is 13. The van der Waals surface area contributed by atoms with Gasteiger partial charge in [0.05, 0.1) is 37.6 Å². The van der Waals surface area contributed by atoms with Gasteiger partial charge in [-0.3, -0.25) is 4.90 Å². The molecule has 4 atom stereocenters. The Morgan fingerprint density at radius 3 is 1.94 bits per heavy atom. The predicted octanol–water partition coefficient (Wildman–Crippen LogP) is 5.19. The van der Waals surface area contributed by atoms with E-state index in [-0.39, 0.29) is 18.2 Å². The van der Waals surface area contributed by atoms with Crippen LogP contribution in [0.15, 0.2) is 60.7 Å². The van der Waals surface area contributed by atoms with E-state index in [1.54, 1.807) is 0 Å². The highest BCUT2D eigenvalue weighted by atomic mass is 16.5. The number of aliphatic hydroxyl groups is 1. The normalized spacial score (nSPS) is 23.5. The van der Waals surface area contributed by atoms with Gasteiger partial charge < -0.3 is 14.6 Å². The Labute approximate surface area is 188 Å². The zero-order valence-electron chi connectivity index (χ0n) is 19.2. The van der Waals surface area contributed by atoms with Crippen molar-refractivity contribution >= 4 is 0 Å². The highest BCUT2D eigenvalue weighted by molar-refractivity contribution is 5.14. The van der Waals surface area contributed by atoms with Gasteiger partial charge >= 0.3 is 0 Å². The Morgan fingerprint density at radius 1 is 0.806 bits per heavy atom. The highest BCUT2D eigenvalue weighted by Gasteiger charge is 2.45. The van der Waals surface area contributed by atoms with Gasteiger partial charge in [0.15, 0.2) is 0 Å². The van der Waals surface area contributed by atoms with E-state index in [1.807, 2.05) is 36.4 Å². The molecule has 1 saturated carbocycles. The Kier molecular flexibility index (Phi) is 10.0. The minimum atomic E-state index is -0.551. The fraction of sp³-hybridized carbons (Fsp3) is 0.556. The van der Waals surface area contributed by atoms with Crippen LogP contribution in [0.25, 0.3) is 0 Å². The lowest BCUT2D eigenvalue weighted by molar-refractivity contribution is -0.0532. The van der Waals surface area contributed by atoms with E-state index in [9.17, 15) is 5.11 Å². The van der Waals surface area contributed by atoms with Crippen molar-refractivity contribution < 1.29 is 14.6 Å². The zero-order valence-corrected chi connectivity index (χ0v) is 19.2. The largest absolute Gasteiger partial charge is 0.389 e. The molecule has 1 fully saturated rings. The second-order valence-electron chi connectivity index (χ2n) is 8.78. The molecule has 2 aromatic rings. The third-order valence-electron chi connectivity index (χ3n) is 6.31. The molecule has 0 unspecified atom stereocenters. The lowest BCUT2D eigenvalue weighted by atomic mass is 10.1. The number of ether oxygens (including phenoxy) is 2. The van der Waals surface area contributed by atoms with Crippen LogP contribution in [0.5, 0.6) is 0 Å². The van der Waals surface area contributed by atoms with Crippen molar-refractivity contribution in [1.29, 1.82) is 0 Å². The Balaban J connectivity index is 1.59. The van der Waals surface area contributed by atoms with E-state index in [4.69, 9.17) is 9.47 Å². The number of benzene rings is 2. The minimum Gasteiger partial charge on any atom is -0.389 e. The molecule has 1 aliphatic carbocycles. The van der Waals surface area contributed by atoms with Crippen molar-refractivity contribution in [3.8, 4) is 0 Å². The average Bonchev–Trinajstić information content (AvgIpc) is 3.12. The molecule has 31 heavy (non-hydrogen) atoms. The molecule has 0 amide bonds. The van der Waals surface area contributed by atoms with Crippen LogP contribution in [0.2, 0.25) is 0 Å². The molecule has 0 radical (unpaired) electrons. The van der Waals surface area contributed by atoms with E-state index in [0.717, 1.165) is 24.1 Å². The third-order valence-corrected chi connectivity index (χ3v) is 6.31. The summed E-state index contributed by atoms with van der Waals surface area (Å²) in [6.07, 6.45) is 6.14. The Bertz CT molecular complexity index is 724. The first kappa shape index (κ1) is 23.9.